The molecule has 1 aromatic heterocycles. The van der Waals surface area contributed by atoms with Crippen LogP contribution in [-0.2, 0) is 11.2 Å². The van der Waals surface area contributed by atoms with Crippen LogP contribution in [0.15, 0.2) is 59.1 Å². The fourth-order valence-corrected chi connectivity index (χ4v) is 4.54. The van der Waals surface area contributed by atoms with E-state index in [0.29, 0.717) is 25.9 Å². The van der Waals surface area contributed by atoms with Crippen LogP contribution in [0.3, 0.4) is 0 Å². The average Bonchev–Trinajstić information content (AvgIpc) is 3.47. The number of carbonyl (C=O) groups is 2. The first kappa shape index (κ1) is 22.8. The molecule has 0 saturated carbocycles. The third-order valence-corrected chi connectivity index (χ3v) is 6.53. The van der Waals surface area contributed by atoms with Crippen molar-refractivity contribution in [3.8, 4) is 11.1 Å². The Labute approximate surface area is 195 Å². The Balaban J connectivity index is 1.56. The van der Waals surface area contributed by atoms with E-state index < -0.39 is 5.41 Å². The molecule has 2 aromatic carbocycles. The number of carbonyl (C=O) groups excluding carboxylic acids is 2. The Morgan fingerprint density at radius 2 is 1.88 bits per heavy atom. The van der Waals surface area contributed by atoms with Crippen LogP contribution in [0.1, 0.15) is 53.6 Å². The van der Waals surface area contributed by atoms with Crippen LogP contribution in [0.2, 0.25) is 0 Å². The van der Waals surface area contributed by atoms with Crippen molar-refractivity contribution in [1.29, 1.82) is 0 Å². The van der Waals surface area contributed by atoms with Crippen LogP contribution < -0.4 is 5.32 Å². The molecular weight excluding hydrogens is 414 g/mol. The molecule has 4 rings (SSSR count). The van der Waals surface area contributed by atoms with E-state index in [2.05, 4.69) is 59.9 Å². The lowest BCUT2D eigenvalue weighted by Gasteiger charge is -2.27. The maximum atomic E-state index is 13.1. The van der Waals surface area contributed by atoms with Gasteiger partial charge in [0.1, 0.15) is 0 Å². The normalized spacial score (nSPS) is 18.0. The second-order valence-electron chi connectivity index (χ2n) is 9.35. The second kappa shape index (κ2) is 9.22. The summed E-state index contributed by atoms with van der Waals surface area (Å²) in [6.45, 7) is 6.93. The first-order chi connectivity index (χ1) is 15.8. The molecule has 1 aliphatic heterocycles. The molecule has 6 nitrogen and oxygen atoms in total. The van der Waals surface area contributed by atoms with Crippen molar-refractivity contribution in [2.75, 3.05) is 20.1 Å². The summed E-state index contributed by atoms with van der Waals surface area (Å²) in [5.41, 5.74) is 4.63. The zero-order valence-electron chi connectivity index (χ0n) is 19.7. The van der Waals surface area contributed by atoms with Gasteiger partial charge in [0.25, 0.3) is 5.91 Å². The summed E-state index contributed by atoms with van der Waals surface area (Å²) in [6, 6.07) is 18.4. The number of nitrogens with zero attached hydrogens (tertiary/aromatic N) is 2. The Morgan fingerprint density at radius 3 is 2.55 bits per heavy atom. The molecule has 0 bridgehead atoms. The van der Waals surface area contributed by atoms with E-state index in [1.807, 2.05) is 19.9 Å². The van der Waals surface area contributed by atoms with Gasteiger partial charge >= 0.3 is 0 Å². The van der Waals surface area contributed by atoms with Crippen LogP contribution >= 0.6 is 0 Å². The van der Waals surface area contributed by atoms with Gasteiger partial charge in [-0.05, 0) is 42.4 Å². The standard InChI is InChI=1S/C27H31N3O3/c1-18(2)23-15-24(33-29-23)25(31)30-13-12-27(17-30,26(32)28-4)16-20-6-5-7-22(14-20)21-10-8-19(3)9-11-21/h5-11,14-15,18H,12-13,16-17H2,1-4H3,(H,28,32)/t27-/m1/s1. The summed E-state index contributed by atoms with van der Waals surface area (Å²) >= 11 is 0. The number of hydrogen-bond donors (Lipinski definition) is 1. The highest BCUT2D eigenvalue weighted by Crippen LogP contribution is 2.36. The zero-order valence-corrected chi connectivity index (χ0v) is 19.7. The minimum absolute atomic E-state index is 0.0426. The van der Waals surface area contributed by atoms with Gasteiger partial charge in [0.15, 0.2) is 0 Å². The smallest absolute Gasteiger partial charge is 0.292 e. The molecule has 0 radical (unpaired) electrons. The minimum Gasteiger partial charge on any atom is -0.359 e. The van der Waals surface area contributed by atoms with Crippen molar-refractivity contribution in [3.05, 3.63) is 77.2 Å². The topological polar surface area (TPSA) is 75.4 Å². The lowest BCUT2D eigenvalue weighted by Crippen LogP contribution is -2.44. The Hall–Kier alpha value is -3.41. The third kappa shape index (κ3) is 4.70. The molecule has 3 aromatic rings. The highest BCUT2D eigenvalue weighted by atomic mass is 16.5. The lowest BCUT2D eigenvalue weighted by molar-refractivity contribution is -0.129. The van der Waals surface area contributed by atoms with Crippen molar-refractivity contribution in [1.82, 2.24) is 15.4 Å². The number of likely N-dealkylation sites (tertiary alicyclic amines) is 1. The van der Waals surface area contributed by atoms with E-state index in [1.165, 1.54) is 5.56 Å². The average molecular weight is 446 g/mol. The highest BCUT2D eigenvalue weighted by molar-refractivity contribution is 5.93. The van der Waals surface area contributed by atoms with Crippen LogP contribution in [-0.4, -0.2) is 42.0 Å². The molecular formula is C27H31N3O3. The quantitative estimate of drug-likeness (QED) is 0.602. The molecule has 1 atom stereocenters. The largest absolute Gasteiger partial charge is 0.359 e. The molecule has 172 valence electrons. The third-order valence-electron chi connectivity index (χ3n) is 6.53. The highest BCUT2D eigenvalue weighted by Gasteiger charge is 2.46. The van der Waals surface area contributed by atoms with E-state index in [4.69, 9.17) is 4.52 Å². The van der Waals surface area contributed by atoms with Crippen molar-refractivity contribution in [3.63, 3.8) is 0 Å². The first-order valence-electron chi connectivity index (χ1n) is 11.5. The van der Waals surface area contributed by atoms with Crippen LogP contribution in [0.25, 0.3) is 11.1 Å². The summed E-state index contributed by atoms with van der Waals surface area (Å²) in [5, 5.41) is 6.83. The van der Waals surface area contributed by atoms with Crippen molar-refractivity contribution < 1.29 is 14.1 Å². The summed E-state index contributed by atoms with van der Waals surface area (Å²) in [5.74, 6) is 0.153. The SMILES string of the molecule is CNC(=O)[C@@]1(Cc2cccc(-c3ccc(C)cc3)c2)CCN(C(=O)c2cc(C(C)C)no2)C1. The summed E-state index contributed by atoms with van der Waals surface area (Å²) in [4.78, 5) is 27.8. The van der Waals surface area contributed by atoms with Crippen molar-refractivity contribution >= 4 is 11.8 Å². The number of aromatic nitrogens is 1. The van der Waals surface area contributed by atoms with Gasteiger partial charge in [0.2, 0.25) is 11.7 Å². The van der Waals surface area contributed by atoms with Crippen LogP contribution in [0.4, 0.5) is 0 Å². The maximum absolute atomic E-state index is 13.1. The van der Waals surface area contributed by atoms with Gasteiger partial charge in [-0.2, -0.15) is 0 Å². The lowest BCUT2D eigenvalue weighted by atomic mass is 9.79. The minimum atomic E-state index is -0.683. The predicted octanol–water partition coefficient (Wildman–Crippen LogP) is 4.59. The number of amides is 2. The predicted molar refractivity (Wildman–Crippen MR) is 128 cm³/mol. The Morgan fingerprint density at radius 1 is 1.12 bits per heavy atom. The monoisotopic (exact) mass is 445 g/mol. The number of nitrogens with one attached hydrogen (secondary N) is 1. The number of rotatable bonds is 6. The Bertz CT molecular complexity index is 1150. The molecule has 0 unspecified atom stereocenters. The molecule has 6 heteroatoms. The molecule has 1 N–H and O–H groups in total. The Kier molecular flexibility index (Phi) is 6.36. The van der Waals surface area contributed by atoms with E-state index in [0.717, 1.165) is 22.4 Å². The fourth-order valence-electron chi connectivity index (χ4n) is 4.54. The van der Waals surface area contributed by atoms with Gasteiger partial charge in [-0.25, -0.2) is 0 Å². The summed E-state index contributed by atoms with van der Waals surface area (Å²) in [6.07, 6.45) is 1.15. The molecule has 1 aliphatic rings. The molecule has 1 saturated heterocycles. The molecule has 0 aliphatic carbocycles. The molecule has 2 amide bonds. The zero-order chi connectivity index (χ0) is 23.6. The van der Waals surface area contributed by atoms with Gasteiger partial charge in [-0.1, -0.05) is 73.1 Å². The number of hydrogen-bond acceptors (Lipinski definition) is 4. The van der Waals surface area contributed by atoms with E-state index in [9.17, 15) is 9.59 Å². The van der Waals surface area contributed by atoms with Crippen LogP contribution in [0, 0.1) is 12.3 Å². The second-order valence-corrected chi connectivity index (χ2v) is 9.35. The molecule has 0 spiro atoms. The van der Waals surface area contributed by atoms with Gasteiger partial charge in [0, 0.05) is 26.2 Å². The number of aryl methyl sites for hydroxylation is 1. The van der Waals surface area contributed by atoms with E-state index >= 15 is 0 Å². The van der Waals surface area contributed by atoms with Gasteiger partial charge in [0.05, 0.1) is 11.1 Å². The summed E-state index contributed by atoms with van der Waals surface area (Å²) < 4.78 is 5.30. The summed E-state index contributed by atoms with van der Waals surface area (Å²) in [7, 11) is 1.66. The van der Waals surface area contributed by atoms with Crippen LogP contribution in [0.5, 0.6) is 0 Å². The number of benzene rings is 2. The molecule has 33 heavy (non-hydrogen) atoms. The van der Waals surface area contributed by atoms with Gasteiger partial charge in [-0.3, -0.25) is 9.59 Å². The maximum Gasteiger partial charge on any atom is 0.292 e. The van der Waals surface area contributed by atoms with E-state index in [-0.39, 0.29) is 23.5 Å². The molecule has 2 heterocycles. The molecule has 1 fully saturated rings. The van der Waals surface area contributed by atoms with Gasteiger partial charge in [-0.15, -0.1) is 0 Å². The van der Waals surface area contributed by atoms with Crippen molar-refractivity contribution in [2.24, 2.45) is 5.41 Å². The van der Waals surface area contributed by atoms with Gasteiger partial charge < -0.3 is 14.7 Å². The fraction of sp³-hybridized carbons (Fsp3) is 0.370. The van der Waals surface area contributed by atoms with E-state index in [1.54, 1.807) is 18.0 Å². The first-order valence-corrected chi connectivity index (χ1v) is 11.5. The van der Waals surface area contributed by atoms with Crippen molar-refractivity contribution in [2.45, 2.75) is 39.5 Å².